The molecule has 0 aliphatic carbocycles. The SMILES string of the molecule is Cc1cccc2sc(NC(=O)CCNC(=O)Nc3ccccc3)nc12. The van der Waals surface area contributed by atoms with Crippen LogP contribution in [0.4, 0.5) is 15.6 Å². The highest BCUT2D eigenvalue weighted by atomic mass is 32.1. The van der Waals surface area contributed by atoms with Crippen LogP contribution in [0.3, 0.4) is 0 Å². The predicted octanol–water partition coefficient (Wildman–Crippen LogP) is 3.76. The maximum atomic E-state index is 12.0. The van der Waals surface area contributed by atoms with Crippen LogP contribution in [0.1, 0.15) is 12.0 Å². The number of benzene rings is 2. The molecule has 2 aromatic carbocycles. The van der Waals surface area contributed by atoms with Gasteiger partial charge in [0.25, 0.3) is 0 Å². The standard InChI is InChI=1S/C18H18N4O2S/c1-12-6-5-9-14-16(12)22-18(25-14)21-15(23)10-11-19-17(24)20-13-7-3-2-4-8-13/h2-9H,10-11H2,1H3,(H2,19,20,24)(H,21,22,23). The lowest BCUT2D eigenvalue weighted by atomic mass is 10.2. The van der Waals surface area contributed by atoms with Crippen molar-refractivity contribution < 1.29 is 9.59 Å². The van der Waals surface area contributed by atoms with E-state index >= 15 is 0 Å². The second-order valence-corrected chi connectivity index (χ2v) is 6.52. The average Bonchev–Trinajstić information content (AvgIpc) is 2.99. The molecule has 3 N–H and O–H groups in total. The zero-order valence-corrected chi connectivity index (χ0v) is 14.5. The molecule has 0 unspecified atom stereocenters. The summed E-state index contributed by atoms with van der Waals surface area (Å²) in [5.74, 6) is -0.184. The van der Waals surface area contributed by atoms with E-state index in [0.717, 1.165) is 15.8 Å². The molecule has 1 aromatic heterocycles. The Balaban J connectivity index is 1.46. The van der Waals surface area contributed by atoms with Crippen molar-refractivity contribution in [1.82, 2.24) is 10.3 Å². The Labute approximate surface area is 149 Å². The molecule has 25 heavy (non-hydrogen) atoms. The van der Waals surface area contributed by atoms with Crippen molar-refractivity contribution in [2.45, 2.75) is 13.3 Å². The minimum atomic E-state index is -0.338. The summed E-state index contributed by atoms with van der Waals surface area (Å²) in [6, 6.07) is 14.7. The van der Waals surface area contributed by atoms with Crippen molar-refractivity contribution in [1.29, 1.82) is 0 Å². The Morgan fingerprint density at radius 3 is 2.60 bits per heavy atom. The number of carbonyl (C=O) groups excluding carboxylic acids is 2. The first-order valence-electron chi connectivity index (χ1n) is 7.88. The fraction of sp³-hybridized carbons (Fsp3) is 0.167. The highest BCUT2D eigenvalue weighted by Crippen LogP contribution is 2.27. The molecule has 3 rings (SSSR count). The third-order valence-electron chi connectivity index (χ3n) is 3.54. The fourth-order valence-electron chi connectivity index (χ4n) is 2.31. The highest BCUT2D eigenvalue weighted by Gasteiger charge is 2.09. The van der Waals surface area contributed by atoms with Crippen molar-refractivity contribution in [2.75, 3.05) is 17.2 Å². The molecule has 0 radical (unpaired) electrons. The maximum absolute atomic E-state index is 12.0. The van der Waals surface area contributed by atoms with Crippen molar-refractivity contribution >= 4 is 44.3 Å². The van der Waals surface area contributed by atoms with Crippen molar-refractivity contribution in [3.63, 3.8) is 0 Å². The van der Waals surface area contributed by atoms with Crippen LogP contribution >= 0.6 is 11.3 Å². The molecule has 0 bridgehead atoms. The van der Waals surface area contributed by atoms with Gasteiger partial charge in [-0.1, -0.05) is 41.7 Å². The zero-order valence-electron chi connectivity index (χ0n) is 13.7. The first-order chi connectivity index (χ1) is 12.1. The van der Waals surface area contributed by atoms with Gasteiger partial charge in [0.2, 0.25) is 5.91 Å². The second-order valence-electron chi connectivity index (χ2n) is 5.49. The van der Waals surface area contributed by atoms with Gasteiger partial charge in [0.15, 0.2) is 5.13 Å². The summed E-state index contributed by atoms with van der Waals surface area (Å²) in [6.07, 6.45) is 0.178. The Kier molecular flexibility index (Phi) is 5.25. The monoisotopic (exact) mass is 354 g/mol. The van der Waals surface area contributed by atoms with Crippen LogP contribution in [-0.4, -0.2) is 23.5 Å². The van der Waals surface area contributed by atoms with Gasteiger partial charge in [-0.05, 0) is 30.7 Å². The third-order valence-corrected chi connectivity index (χ3v) is 4.47. The number of hydrogen-bond acceptors (Lipinski definition) is 4. The number of anilines is 2. The Bertz CT molecular complexity index is 892. The third kappa shape index (κ3) is 4.54. The lowest BCUT2D eigenvalue weighted by Gasteiger charge is -2.07. The van der Waals surface area contributed by atoms with E-state index in [1.807, 2.05) is 43.3 Å². The molecule has 6 nitrogen and oxygen atoms in total. The maximum Gasteiger partial charge on any atom is 0.319 e. The van der Waals surface area contributed by atoms with E-state index in [0.29, 0.717) is 10.8 Å². The molecular weight excluding hydrogens is 336 g/mol. The molecule has 0 saturated heterocycles. The number of aromatic nitrogens is 1. The number of aryl methyl sites for hydroxylation is 1. The second kappa shape index (κ2) is 7.76. The minimum Gasteiger partial charge on any atom is -0.337 e. The lowest BCUT2D eigenvalue weighted by Crippen LogP contribution is -2.31. The molecule has 0 fully saturated rings. The largest absolute Gasteiger partial charge is 0.337 e. The quantitative estimate of drug-likeness (QED) is 0.652. The number of amides is 3. The minimum absolute atomic E-state index is 0.178. The van der Waals surface area contributed by atoms with Crippen LogP contribution in [0.2, 0.25) is 0 Å². The Morgan fingerprint density at radius 2 is 1.84 bits per heavy atom. The van der Waals surface area contributed by atoms with E-state index in [9.17, 15) is 9.59 Å². The number of para-hydroxylation sites is 2. The molecule has 0 aliphatic heterocycles. The van der Waals surface area contributed by atoms with Gasteiger partial charge in [-0.15, -0.1) is 0 Å². The fourth-order valence-corrected chi connectivity index (χ4v) is 3.27. The van der Waals surface area contributed by atoms with Gasteiger partial charge in [0.1, 0.15) is 0 Å². The summed E-state index contributed by atoms with van der Waals surface area (Å²) < 4.78 is 1.04. The average molecular weight is 354 g/mol. The van der Waals surface area contributed by atoms with Gasteiger partial charge in [-0.2, -0.15) is 0 Å². The van der Waals surface area contributed by atoms with Gasteiger partial charge in [0, 0.05) is 18.7 Å². The van der Waals surface area contributed by atoms with Crippen LogP contribution in [0.25, 0.3) is 10.2 Å². The Morgan fingerprint density at radius 1 is 1.04 bits per heavy atom. The summed E-state index contributed by atoms with van der Waals surface area (Å²) in [7, 11) is 0. The number of nitrogens with zero attached hydrogens (tertiary/aromatic N) is 1. The number of hydrogen-bond donors (Lipinski definition) is 3. The van der Waals surface area contributed by atoms with Gasteiger partial charge >= 0.3 is 6.03 Å². The van der Waals surface area contributed by atoms with E-state index in [-0.39, 0.29) is 24.9 Å². The number of fused-ring (bicyclic) bond motifs is 1. The van der Waals surface area contributed by atoms with Crippen molar-refractivity contribution in [2.24, 2.45) is 0 Å². The van der Waals surface area contributed by atoms with Crippen LogP contribution in [0.15, 0.2) is 48.5 Å². The highest BCUT2D eigenvalue weighted by molar-refractivity contribution is 7.22. The number of thiazole rings is 1. The van der Waals surface area contributed by atoms with Crippen LogP contribution in [-0.2, 0) is 4.79 Å². The molecule has 0 atom stereocenters. The van der Waals surface area contributed by atoms with Gasteiger partial charge in [-0.25, -0.2) is 9.78 Å². The molecule has 0 aliphatic rings. The molecular formula is C18H18N4O2S. The molecule has 0 saturated carbocycles. The molecule has 3 aromatic rings. The van der Waals surface area contributed by atoms with Crippen molar-refractivity contribution in [3.8, 4) is 0 Å². The molecule has 1 heterocycles. The van der Waals surface area contributed by atoms with Crippen LogP contribution in [0, 0.1) is 6.92 Å². The number of carbonyl (C=O) groups is 2. The van der Waals surface area contributed by atoms with E-state index in [1.54, 1.807) is 12.1 Å². The molecule has 7 heteroatoms. The van der Waals surface area contributed by atoms with Gasteiger partial charge < -0.3 is 16.0 Å². The van der Waals surface area contributed by atoms with Gasteiger partial charge in [0.05, 0.1) is 10.2 Å². The first kappa shape index (κ1) is 16.9. The summed E-state index contributed by atoms with van der Waals surface area (Å²) >= 11 is 1.44. The normalized spacial score (nSPS) is 10.4. The van der Waals surface area contributed by atoms with Gasteiger partial charge in [-0.3, -0.25) is 4.79 Å². The Hall–Kier alpha value is -2.93. The van der Waals surface area contributed by atoms with Crippen molar-refractivity contribution in [3.05, 3.63) is 54.1 Å². The van der Waals surface area contributed by atoms with Crippen LogP contribution in [0.5, 0.6) is 0 Å². The lowest BCUT2D eigenvalue weighted by molar-refractivity contribution is -0.116. The number of rotatable bonds is 5. The van der Waals surface area contributed by atoms with Crippen LogP contribution < -0.4 is 16.0 Å². The molecule has 128 valence electrons. The first-order valence-corrected chi connectivity index (χ1v) is 8.69. The summed E-state index contributed by atoms with van der Waals surface area (Å²) in [6.45, 7) is 2.23. The summed E-state index contributed by atoms with van der Waals surface area (Å²) in [5, 5.41) is 8.70. The van der Waals surface area contributed by atoms with E-state index in [2.05, 4.69) is 20.9 Å². The van der Waals surface area contributed by atoms with E-state index in [1.165, 1.54) is 11.3 Å². The number of urea groups is 1. The summed E-state index contributed by atoms with van der Waals surface area (Å²) in [5.41, 5.74) is 2.69. The zero-order chi connectivity index (χ0) is 17.6. The molecule has 3 amide bonds. The smallest absolute Gasteiger partial charge is 0.319 e. The topological polar surface area (TPSA) is 83.1 Å². The van der Waals surface area contributed by atoms with E-state index in [4.69, 9.17) is 0 Å². The molecule has 0 spiro atoms. The van der Waals surface area contributed by atoms with E-state index < -0.39 is 0 Å². The summed E-state index contributed by atoms with van der Waals surface area (Å²) in [4.78, 5) is 28.2. The number of nitrogens with one attached hydrogen (secondary N) is 3. The predicted molar refractivity (Wildman–Crippen MR) is 101 cm³/mol.